The number of rotatable bonds is 2. The van der Waals surface area contributed by atoms with Crippen LogP contribution in [0.25, 0.3) is 0 Å². The molecule has 1 aliphatic carbocycles. The van der Waals surface area contributed by atoms with E-state index in [0.717, 1.165) is 37.8 Å². The van der Waals surface area contributed by atoms with Crippen LogP contribution in [0.15, 0.2) is 18.2 Å². The van der Waals surface area contributed by atoms with Crippen LogP contribution in [-0.4, -0.2) is 37.0 Å². The Hall–Kier alpha value is -1.84. The highest BCUT2D eigenvalue weighted by Crippen LogP contribution is 2.25. The summed E-state index contributed by atoms with van der Waals surface area (Å²) in [4.78, 5) is 26.1. The van der Waals surface area contributed by atoms with Crippen molar-refractivity contribution in [2.24, 2.45) is 5.92 Å². The number of methoxy groups -OCH3 is 1. The first kappa shape index (κ1) is 14.1. The van der Waals surface area contributed by atoms with Gasteiger partial charge in [-0.1, -0.05) is 6.07 Å². The first-order valence-electron chi connectivity index (χ1n) is 7.68. The van der Waals surface area contributed by atoms with Gasteiger partial charge >= 0.3 is 5.97 Å². The number of ether oxygens (including phenoxy) is 1. The van der Waals surface area contributed by atoms with Crippen molar-refractivity contribution in [2.45, 2.75) is 32.1 Å². The molecule has 1 aromatic rings. The molecule has 4 heteroatoms. The predicted molar refractivity (Wildman–Crippen MR) is 79.1 cm³/mol. The van der Waals surface area contributed by atoms with Crippen LogP contribution in [0.5, 0.6) is 0 Å². The average Bonchev–Trinajstić information content (AvgIpc) is 3.01. The van der Waals surface area contributed by atoms with Crippen molar-refractivity contribution >= 4 is 11.9 Å². The van der Waals surface area contributed by atoms with Crippen LogP contribution < -0.4 is 0 Å². The molecule has 0 unspecified atom stereocenters. The molecule has 1 heterocycles. The fourth-order valence-corrected chi connectivity index (χ4v) is 3.41. The first-order valence-corrected chi connectivity index (χ1v) is 7.68. The van der Waals surface area contributed by atoms with Crippen LogP contribution in [0.1, 0.15) is 40.7 Å². The van der Waals surface area contributed by atoms with Crippen LogP contribution in [0.3, 0.4) is 0 Å². The summed E-state index contributed by atoms with van der Waals surface area (Å²) in [5, 5.41) is 0. The predicted octanol–water partition coefficient (Wildman–Crippen LogP) is 2.20. The molecule has 0 saturated carbocycles. The number of esters is 1. The van der Waals surface area contributed by atoms with Gasteiger partial charge in [0.25, 0.3) is 5.91 Å². The third-order valence-corrected chi connectivity index (χ3v) is 4.59. The Balaban J connectivity index is 1.74. The van der Waals surface area contributed by atoms with Gasteiger partial charge in [0, 0.05) is 18.7 Å². The minimum absolute atomic E-state index is 0.0401. The monoisotopic (exact) mass is 287 g/mol. The lowest BCUT2D eigenvalue weighted by Gasteiger charge is -2.31. The first-order chi connectivity index (χ1) is 10.2. The van der Waals surface area contributed by atoms with Gasteiger partial charge in [0.2, 0.25) is 0 Å². The molecule has 0 bridgehead atoms. The molecule has 3 rings (SSSR count). The fraction of sp³-hybridized carbons (Fsp3) is 0.529. The molecule has 21 heavy (non-hydrogen) atoms. The maximum atomic E-state index is 12.6. The SMILES string of the molecule is COC(=O)[C@H]1CCCN(C(=O)c2ccc3c(c2)CCC3)C1. The summed E-state index contributed by atoms with van der Waals surface area (Å²) in [6, 6.07) is 6.04. The number of carbonyl (C=O) groups excluding carboxylic acids is 2. The third-order valence-electron chi connectivity index (χ3n) is 4.59. The Labute approximate surface area is 125 Å². The average molecular weight is 287 g/mol. The lowest BCUT2D eigenvalue weighted by molar-refractivity contribution is -0.146. The van der Waals surface area contributed by atoms with E-state index in [-0.39, 0.29) is 17.8 Å². The third kappa shape index (κ3) is 2.80. The number of piperidine rings is 1. The molecule has 0 radical (unpaired) electrons. The van der Waals surface area contributed by atoms with Crippen LogP contribution in [-0.2, 0) is 22.4 Å². The lowest BCUT2D eigenvalue weighted by atomic mass is 9.97. The summed E-state index contributed by atoms with van der Waals surface area (Å²) >= 11 is 0. The van der Waals surface area contributed by atoms with E-state index in [1.165, 1.54) is 24.7 Å². The summed E-state index contributed by atoms with van der Waals surface area (Å²) in [7, 11) is 1.41. The van der Waals surface area contributed by atoms with Crippen LogP contribution in [0.2, 0.25) is 0 Å². The highest BCUT2D eigenvalue weighted by atomic mass is 16.5. The van der Waals surface area contributed by atoms with E-state index >= 15 is 0 Å². The molecule has 1 saturated heterocycles. The number of hydrogen-bond donors (Lipinski definition) is 0. The molecule has 1 fully saturated rings. The Kier molecular flexibility index (Phi) is 3.95. The molecule has 1 atom stereocenters. The smallest absolute Gasteiger partial charge is 0.310 e. The molecule has 0 N–H and O–H groups in total. The number of likely N-dealkylation sites (tertiary alicyclic amines) is 1. The number of amides is 1. The van der Waals surface area contributed by atoms with Gasteiger partial charge in [-0.2, -0.15) is 0 Å². The molecule has 112 valence electrons. The zero-order valence-electron chi connectivity index (χ0n) is 12.4. The van der Waals surface area contributed by atoms with Gasteiger partial charge in [-0.25, -0.2) is 0 Å². The van der Waals surface area contributed by atoms with Crippen LogP contribution in [0, 0.1) is 5.92 Å². The van der Waals surface area contributed by atoms with Crippen molar-refractivity contribution in [1.82, 2.24) is 4.90 Å². The standard InChI is InChI=1S/C17H21NO3/c1-21-17(20)15-6-3-9-18(11-15)16(19)14-8-7-12-4-2-5-13(12)10-14/h7-8,10,15H,2-6,9,11H2,1H3/t15-/m0/s1. The van der Waals surface area contributed by atoms with E-state index in [9.17, 15) is 9.59 Å². The molecular formula is C17H21NO3. The van der Waals surface area contributed by atoms with Gasteiger partial charge in [0.1, 0.15) is 0 Å². The van der Waals surface area contributed by atoms with E-state index < -0.39 is 0 Å². The van der Waals surface area contributed by atoms with Crippen LogP contribution in [0.4, 0.5) is 0 Å². The number of hydrogen-bond acceptors (Lipinski definition) is 3. The Morgan fingerprint density at radius 1 is 1.19 bits per heavy atom. The van der Waals surface area contributed by atoms with Gasteiger partial charge in [-0.3, -0.25) is 9.59 Å². The van der Waals surface area contributed by atoms with Gasteiger partial charge in [0.15, 0.2) is 0 Å². The zero-order valence-corrected chi connectivity index (χ0v) is 12.4. The molecular weight excluding hydrogens is 266 g/mol. The maximum absolute atomic E-state index is 12.6. The van der Waals surface area contributed by atoms with Gasteiger partial charge < -0.3 is 9.64 Å². The number of benzene rings is 1. The molecule has 1 aliphatic heterocycles. The quantitative estimate of drug-likeness (QED) is 0.783. The van der Waals surface area contributed by atoms with Crippen molar-refractivity contribution in [3.05, 3.63) is 34.9 Å². The number of nitrogens with zero attached hydrogens (tertiary/aromatic N) is 1. The van der Waals surface area contributed by atoms with Crippen molar-refractivity contribution in [1.29, 1.82) is 0 Å². The number of aryl methyl sites for hydroxylation is 2. The summed E-state index contributed by atoms with van der Waals surface area (Å²) in [6.07, 6.45) is 5.04. The Morgan fingerprint density at radius 2 is 2.00 bits per heavy atom. The van der Waals surface area contributed by atoms with Crippen molar-refractivity contribution in [3.63, 3.8) is 0 Å². The van der Waals surface area contributed by atoms with E-state index in [0.29, 0.717) is 6.54 Å². The van der Waals surface area contributed by atoms with Gasteiger partial charge in [0.05, 0.1) is 13.0 Å². The van der Waals surface area contributed by atoms with Gasteiger partial charge in [-0.15, -0.1) is 0 Å². The van der Waals surface area contributed by atoms with Gasteiger partial charge in [-0.05, 0) is 55.4 Å². The summed E-state index contributed by atoms with van der Waals surface area (Å²) in [5.41, 5.74) is 3.43. The van der Waals surface area contributed by atoms with E-state index in [1.54, 1.807) is 4.90 Å². The molecule has 4 nitrogen and oxygen atoms in total. The molecule has 1 amide bonds. The Bertz CT molecular complexity index is 567. The second kappa shape index (κ2) is 5.88. The second-order valence-electron chi connectivity index (χ2n) is 5.95. The Morgan fingerprint density at radius 3 is 2.81 bits per heavy atom. The van der Waals surface area contributed by atoms with Crippen LogP contribution >= 0.6 is 0 Å². The van der Waals surface area contributed by atoms with E-state index in [1.807, 2.05) is 12.1 Å². The molecule has 0 spiro atoms. The fourth-order valence-electron chi connectivity index (χ4n) is 3.41. The number of fused-ring (bicyclic) bond motifs is 1. The molecule has 0 aromatic heterocycles. The second-order valence-corrected chi connectivity index (χ2v) is 5.95. The molecule has 1 aromatic carbocycles. The summed E-state index contributed by atoms with van der Waals surface area (Å²) in [5.74, 6) is -0.345. The van der Waals surface area contributed by atoms with E-state index in [2.05, 4.69) is 6.07 Å². The highest BCUT2D eigenvalue weighted by molar-refractivity contribution is 5.95. The van der Waals surface area contributed by atoms with Crippen molar-refractivity contribution in [2.75, 3.05) is 20.2 Å². The minimum Gasteiger partial charge on any atom is -0.469 e. The lowest BCUT2D eigenvalue weighted by Crippen LogP contribution is -2.42. The minimum atomic E-state index is -0.207. The topological polar surface area (TPSA) is 46.6 Å². The zero-order chi connectivity index (χ0) is 14.8. The van der Waals surface area contributed by atoms with E-state index in [4.69, 9.17) is 4.74 Å². The normalized spacial score (nSPS) is 21.0. The highest BCUT2D eigenvalue weighted by Gasteiger charge is 2.29. The van der Waals surface area contributed by atoms with Crippen molar-refractivity contribution < 1.29 is 14.3 Å². The maximum Gasteiger partial charge on any atom is 0.310 e. The summed E-state index contributed by atoms with van der Waals surface area (Å²) < 4.78 is 4.81. The molecule has 2 aliphatic rings. The number of carbonyl (C=O) groups is 2. The largest absolute Gasteiger partial charge is 0.469 e. The van der Waals surface area contributed by atoms with Crippen molar-refractivity contribution in [3.8, 4) is 0 Å². The summed E-state index contributed by atoms with van der Waals surface area (Å²) in [6.45, 7) is 1.20.